The van der Waals surface area contributed by atoms with Crippen molar-refractivity contribution in [2.75, 3.05) is 0 Å². The van der Waals surface area contributed by atoms with Gasteiger partial charge in [-0.15, -0.1) is 0 Å². The summed E-state index contributed by atoms with van der Waals surface area (Å²) >= 11 is 0. The fourth-order valence-electron chi connectivity index (χ4n) is 5.44. The summed E-state index contributed by atoms with van der Waals surface area (Å²) in [5.74, 6) is 2.63. The third-order valence-electron chi connectivity index (χ3n) is 6.00. The van der Waals surface area contributed by atoms with Crippen LogP contribution in [0.2, 0.25) is 0 Å². The Morgan fingerprint density at radius 2 is 1.90 bits per heavy atom. The molecule has 2 N–H and O–H groups in total. The van der Waals surface area contributed by atoms with Gasteiger partial charge >= 0.3 is 0 Å². The zero-order chi connectivity index (χ0) is 13.7. The van der Waals surface area contributed by atoms with Gasteiger partial charge in [0.05, 0.1) is 6.20 Å². The maximum atomic E-state index is 12.2. The number of rotatable bonds is 3. The third-order valence-corrected chi connectivity index (χ3v) is 6.00. The average molecular weight is 274 g/mol. The number of hydrogen-bond acceptors (Lipinski definition) is 3. The minimum Gasteiger partial charge on any atom is -0.348 e. The van der Waals surface area contributed by atoms with Crippen molar-refractivity contribution in [2.45, 2.75) is 51.5 Å². The van der Waals surface area contributed by atoms with Crippen LogP contribution in [0.15, 0.2) is 6.20 Å². The first-order valence-corrected chi connectivity index (χ1v) is 7.81. The van der Waals surface area contributed by atoms with Crippen molar-refractivity contribution in [2.24, 2.45) is 23.2 Å². The molecule has 1 atom stereocenters. The number of aromatic nitrogens is 3. The fourth-order valence-corrected chi connectivity index (χ4v) is 5.44. The molecule has 5 heteroatoms. The molecule has 4 aliphatic rings. The molecule has 0 radical (unpaired) electrons. The van der Waals surface area contributed by atoms with Gasteiger partial charge in [-0.1, -0.05) is 0 Å². The highest BCUT2D eigenvalue weighted by Crippen LogP contribution is 2.61. The summed E-state index contributed by atoms with van der Waals surface area (Å²) in [6, 6.07) is 0.236. The zero-order valence-electron chi connectivity index (χ0n) is 11.9. The Kier molecular flexibility index (Phi) is 2.66. The summed E-state index contributed by atoms with van der Waals surface area (Å²) in [4.78, 5) is 12.2. The fraction of sp³-hybridized carbons (Fsp3) is 0.800. The summed E-state index contributed by atoms with van der Waals surface area (Å²) in [6.45, 7) is 2.19. The SMILES string of the molecule is CC(NC(=O)c1cn[nH]n1)C12CC3CC(CC(C3)C1)C2. The quantitative estimate of drug-likeness (QED) is 0.887. The molecule has 108 valence electrons. The smallest absolute Gasteiger partial charge is 0.273 e. The van der Waals surface area contributed by atoms with Crippen molar-refractivity contribution in [3.05, 3.63) is 11.9 Å². The molecule has 0 aromatic carbocycles. The molecule has 1 unspecified atom stereocenters. The van der Waals surface area contributed by atoms with Crippen LogP contribution in [0.1, 0.15) is 55.9 Å². The van der Waals surface area contributed by atoms with Crippen LogP contribution < -0.4 is 5.32 Å². The molecule has 1 aromatic heterocycles. The molecule has 5 nitrogen and oxygen atoms in total. The van der Waals surface area contributed by atoms with E-state index in [9.17, 15) is 4.79 Å². The largest absolute Gasteiger partial charge is 0.348 e. The number of hydrogen-bond donors (Lipinski definition) is 2. The molecular weight excluding hydrogens is 252 g/mol. The Morgan fingerprint density at radius 3 is 2.40 bits per heavy atom. The number of aromatic amines is 1. The van der Waals surface area contributed by atoms with Crippen molar-refractivity contribution in [3.8, 4) is 0 Å². The van der Waals surface area contributed by atoms with Crippen LogP contribution in [0.5, 0.6) is 0 Å². The Bertz CT molecular complexity index is 475. The van der Waals surface area contributed by atoms with Gasteiger partial charge in [-0.05, 0) is 68.6 Å². The van der Waals surface area contributed by atoms with Crippen molar-refractivity contribution in [3.63, 3.8) is 0 Å². The molecule has 4 saturated carbocycles. The lowest BCUT2D eigenvalue weighted by molar-refractivity contribution is -0.0688. The van der Waals surface area contributed by atoms with Gasteiger partial charge in [-0.2, -0.15) is 15.4 Å². The molecule has 0 spiro atoms. The lowest BCUT2D eigenvalue weighted by atomic mass is 9.48. The second-order valence-corrected chi connectivity index (χ2v) is 7.33. The van der Waals surface area contributed by atoms with Gasteiger partial charge in [0.25, 0.3) is 5.91 Å². The second-order valence-electron chi connectivity index (χ2n) is 7.33. The van der Waals surface area contributed by atoms with Crippen molar-refractivity contribution < 1.29 is 4.79 Å². The predicted octanol–water partition coefficient (Wildman–Crippen LogP) is 2.14. The van der Waals surface area contributed by atoms with E-state index in [2.05, 4.69) is 27.7 Å². The summed E-state index contributed by atoms with van der Waals surface area (Å²) in [5, 5.41) is 13.2. The van der Waals surface area contributed by atoms with E-state index >= 15 is 0 Å². The van der Waals surface area contributed by atoms with E-state index in [4.69, 9.17) is 0 Å². The van der Waals surface area contributed by atoms with Gasteiger partial charge < -0.3 is 5.32 Å². The molecule has 4 bridgehead atoms. The molecule has 1 heterocycles. The van der Waals surface area contributed by atoms with Crippen LogP contribution in [0, 0.1) is 23.2 Å². The van der Waals surface area contributed by atoms with Crippen LogP contribution in [0.3, 0.4) is 0 Å². The van der Waals surface area contributed by atoms with Gasteiger partial charge in [-0.3, -0.25) is 4.79 Å². The Labute approximate surface area is 118 Å². The number of nitrogens with one attached hydrogen (secondary N) is 2. The molecule has 1 amide bonds. The maximum absolute atomic E-state index is 12.2. The number of nitrogens with zero attached hydrogens (tertiary/aromatic N) is 2. The second kappa shape index (κ2) is 4.30. The highest BCUT2D eigenvalue weighted by Gasteiger charge is 2.53. The summed E-state index contributed by atoms with van der Waals surface area (Å²) in [7, 11) is 0. The average Bonchev–Trinajstić information content (AvgIpc) is 2.90. The summed E-state index contributed by atoms with van der Waals surface area (Å²) in [5.41, 5.74) is 0.732. The lowest BCUT2D eigenvalue weighted by Gasteiger charge is -2.59. The number of carbonyl (C=O) groups is 1. The molecule has 4 fully saturated rings. The highest BCUT2D eigenvalue weighted by molar-refractivity contribution is 5.92. The molecule has 1 aromatic rings. The first-order valence-electron chi connectivity index (χ1n) is 7.81. The van der Waals surface area contributed by atoms with Gasteiger partial charge in [0.1, 0.15) is 0 Å². The van der Waals surface area contributed by atoms with Crippen LogP contribution in [0.25, 0.3) is 0 Å². The Balaban J connectivity index is 1.51. The van der Waals surface area contributed by atoms with Crippen molar-refractivity contribution >= 4 is 5.91 Å². The van der Waals surface area contributed by atoms with Gasteiger partial charge in [-0.25, -0.2) is 0 Å². The number of amides is 1. The maximum Gasteiger partial charge on any atom is 0.273 e. The molecule has 4 aliphatic carbocycles. The number of H-pyrrole nitrogens is 1. The lowest BCUT2D eigenvalue weighted by Crippen LogP contribution is -2.55. The molecule has 0 saturated heterocycles. The van der Waals surface area contributed by atoms with E-state index in [0.29, 0.717) is 11.1 Å². The van der Waals surface area contributed by atoms with Crippen LogP contribution in [-0.4, -0.2) is 27.4 Å². The van der Waals surface area contributed by atoms with Crippen molar-refractivity contribution in [1.29, 1.82) is 0 Å². The van der Waals surface area contributed by atoms with E-state index in [0.717, 1.165) is 17.8 Å². The molecule has 0 aliphatic heterocycles. The molecular formula is C15H22N4O. The third kappa shape index (κ3) is 1.86. The Morgan fingerprint density at radius 1 is 1.30 bits per heavy atom. The highest BCUT2D eigenvalue weighted by atomic mass is 16.2. The first-order chi connectivity index (χ1) is 9.64. The topological polar surface area (TPSA) is 70.7 Å². The van der Waals surface area contributed by atoms with E-state index < -0.39 is 0 Å². The van der Waals surface area contributed by atoms with Crippen LogP contribution in [-0.2, 0) is 0 Å². The molecule has 5 rings (SSSR count). The normalized spacial score (nSPS) is 39.8. The minimum atomic E-state index is -0.0954. The van der Waals surface area contributed by atoms with E-state index in [-0.39, 0.29) is 11.9 Å². The van der Waals surface area contributed by atoms with Crippen LogP contribution >= 0.6 is 0 Å². The summed E-state index contributed by atoms with van der Waals surface area (Å²) < 4.78 is 0. The number of carbonyl (C=O) groups excluding carboxylic acids is 1. The standard InChI is InChI=1S/C15H22N4O/c1-9(17-14(20)13-8-16-19-18-13)15-5-10-2-11(6-15)4-12(3-10)7-15/h8-12H,2-7H2,1H3,(H,17,20)(H,16,18,19). The zero-order valence-corrected chi connectivity index (χ0v) is 11.9. The minimum absolute atomic E-state index is 0.0954. The van der Waals surface area contributed by atoms with Gasteiger partial charge in [0, 0.05) is 6.04 Å². The van der Waals surface area contributed by atoms with Crippen molar-refractivity contribution in [1.82, 2.24) is 20.7 Å². The van der Waals surface area contributed by atoms with Crippen LogP contribution in [0.4, 0.5) is 0 Å². The Hall–Kier alpha value is -1.39. The van der Waals surface area contributed by atoms with E-state index in [1.54, 1.807) is 0 Å². The molecule has 20 heavy (non-hydrogen) atoms. The van der Waals surface area contributed by atoms with E-state index in [1.807, 2.05) is 0 Å². The first kappa shape index (κ1) is 12.4. The van der Waals surface area contributed by atoms with Gasteiger partial charge in [0.15, 0.2) is 5.69 Å². The van der Waals surface area contributed by atoms with E-state index in [1.165, 1.54) is 44.7 Å². The predicted molar refractivity (Wildman–Crippen MR) is 73.9 cm³/mol. The monoisotopic (exact) mass is 274 g/mol. The van der Waals surface area contributed by atoms with Gasteiger partial charge in [0.2, 0.25) is 0 Å². The summed E-state index contributed by atoms with van der Waals surface area (Å²) in [6.07, 6.45) is 9.70.